The number of urea groups is 1. The van der Waals surface area contributed by atoms with E-state index in [0.717, 1.165) is 16.2 Å². The number of carbonyl (C=O) groups is 3. The quantitative estimate of drug-likeness (QED) is 0.684. The molecule has 1 aliphatic rings. The zero-order valence-corrected chi connectivity index (χ0v) is 14.9. The summed E-state index contributed by atoms with van der Waals surface area (Å²) in [6, 6.07) is 9.56. The Bertz CT molecular complexity index is 801. The SMILES string of the molecule is COc1ccc(CCNC(=O)C[C@@H]2NC(=O)N(Cc3ccco3)C2=O)cc1. The van der Waals surface area contributed by atoms with Crippen molar-refractivity contribution in [1.29, 1.82) is 0 Å². The van der Waals surface area contributed by atoms with E-state index in [4.69, 9.17) is 9.15 Å². The highest BCUT2D eigenvalue weighted by molar-refractivity contribution is 6.05. The third-order valence-electron chi connectivity index (χ3n) is 4.29. The van der Waals surface area contributed by atoms with Gasteiger partial charge in [0.05, 0.1) is 26.3 Å². The molecule has 8 heteroatoms. The molecular weight excluding hydrogens is 350 g/mol. The number of hydrogen-bond donors (Lipinski definition) is 2. The van der Waals surface area contributed by atoms with E-state index in [-0.39, 0.29) is 18.9 Å². The Morgan fingerprint density at radius 3 is 2.70 bits per heavy atom. The molecule has 4 amide bonds. The first-order valence-corrected chi connectivity index (χ1v) is 8.60. The van der Waals surface area contributed by atoms with Gasteiger partial charge in [0.2, 0.25) is 5.91 Å². The van der Waals surface area contributed by atoms with Crippen LogP contribution >= 0.6 is 0 Å². The van der Waals surface area contributed by atoms with Crippen molar-refractivity contribution in [3.05, 3.63) is 54.0 Å². The lowest BCUT2D eigenvalue weighted by molar-refractivity contribution is -0.131. The number of amides is 4. The molecule has 2 heterocycles. The lowest BCUT2D eigenvalue weighted by Gasteiger charge is -2.11. The number of hydrogen-bond acceptors (Lipinski definition) is 5. The number of ether oxygens (including phenoxy) is 1. The number of furan rings is 1. The molecule has 8 nitrogen and oxygen atoms in total. The summed E-state index contributed by atoms with van der Waals surface area (Å²) in [5.41, 5.74) is 1.06. The first kappa shape index (κ1) is 18.5. The molecule has 1 fully saturated rings. The lowest BCUT2D eigenvalue weighted by atomic mass is 10.1. The van der Waals surface area contributed by atoms with Crippen LogP contribution in [0.4, 0.5) is 4.79 Å². The molecule has 3 rings (SSSR count). The molecule has 1 aromatic heterocycles. The van der Waals surface area contributed by atoms with Crippen LogP contribution in [-0.4, -0.2) is 42.4 Å². The third-order valence-corrected chi connectivity index (χ3v) is 4.29. The van der Waals surface area contributed by atoms with Gasteiger partial charge in [0.15, 0.2) is 0 Å². The summed E-state index contributed by atoms with van der Waals surface area (Å²) >= 11 is 0. The number of rotatable bonds is 8. The summed E-state index contributed by atoms with van der Waals surface area (Å²) in [5, 5.41) is 5.31. The number of nitrogens with one attached hydrogen (secondary N) is 2. The zero-order chi connectivity index (χ0) is 19.2. The normalized spacial score (nSPS) is 16.3. The van der Waals surface area contributed by atoms with Crippen molar-refractivity contribution in [3.63, 3.8) is 0 Å². The van der Waals surface area contributed by atoms with Gasteiger partial charge in [-0.05, 0) is 36.2 Å². The predicted octanol–water partition coefficient (Wildman–Crippen LogP) is 1.46. The van der Waals surface area contributed by atoms with E-state index in [9.17, 15) is 14.4 Å². The number of benzene rings is 1. The predicted molar refractivity (Wildman–Crippen MR) is 95.9 cm³/mol. The van der Waals surface area contributed by atoms with Crippen molar-refractivity contribution < 1.29 is 23.5 Å². The van der Waals surface area contributed by atoms with E-state index < -0.39 is 18.0 Å². The van der Waals surface area contributed by atoms with Crippen molar-refractivity contribution in [3.8, 4) is 5.75 Å². The van der Waals surface area contributed by atoms with Crippen LogP contribution in [-0.2, 0) is 22.6 Å². The fourth-order valence-electron chi connectivity index (χ4n) is 2.82. The van der Waals surface area contributed by atoms with E-state index in [2.05, 4.69) is 10.6 Å². The average molecular weight is 371 g/mol. The van der Waals surface area contributed by atoms with E-state index in [0.29, 0.717) is 18.7 Å². The molecule has 2 aromatic rings. The second-order valence-corrected chi connectivity index (χ2v) is 6.16. The lowest BCUT2D eigenvalue weighted by Crippen LogP contribution is -2.37. The van der Waals surface area contributed by atoms with Crippen molar-refractivity contribution in [2.75, 3.05) is 13.7 Å². The topological polar surface area (TPSA) is 101 Å². The van der Waals surface area contributed by atoms with E-state index in [1.807, 2.05) is 24.3 Å². The van der Waals surface area contributed by atoms with E-state index >= 15 is 0 Å². The first-order chi connectivity index (χ1) is 13.1. The Hall–Kier alpha value is -3.29. The van der Waals surface area contributed by atoms with E-state index in [1.54, 1.807) is 19.2 Å². The minimum Gasteiger partial charge on any atom is -0.497 e. The van der Waals surface area contributed by atoms with Crippen LogP contribution in [0.15, 0.2) is 47.1 Å². The molecule has 1 aromatic carbocycles. The van der Waals surface area contributed by atoms with Gasteiger partial charge in [-0.25, -0.2) is 4.79 Å². The maximum Gasteiger partial charge on any atom is 0.325 e. The molecule has 2 N–H and O–H groups in total. The Kier molecular flexibility index (Phi) is 5.75. The van der Waals surface area contributed by atoms with Gasteiger partial charge >= 0.3 is 6.03 Å². The van der Waals surface area contributed by atoms with Crippen LogP contribution in [0.3, 0.4) is 0 Å². The molecule has 0 aliphatic carbocycles. The molecule has 142 valence electrons. The van der Waals surface area contributed by atoms with Gasteiger partial charge in [-0.1, -0.05) is 12.1 Å². The van der Waals surface area contributed by atoms with Crippen LogP contribution in [0, 0.1) is 0 Å². The highest BCUT2D eigenvalue weighted by Gasteiger charge is 2.39. The summed E-state index contributed by atoms with van der Waals surface area (Å²) in [5.74, 6) is 0.559. The fourth-order valence-corrected chi connectivity index (χ4v) is 2.82. The van der Waals surface area contributed by atoms with Gasteiger partial charge in [0.25, 0.3) is 5.91 Å². The molecule has 0 saturated carbocycles. The monoisotopic (exact) mass is 371 g/mol. The van der Waals surface area contributed by atoms with Crippen molar-refractivity contribution in [2.45, 2.75) is 25.4 Å². The van der Waals surface area contributed by atoms with Gasteiger partial charge in [-0.2, -0.15) is 0 Å². The van der Waals surface area contributed by atoms with E-state index in [1.165, 1.54) is 6.26 Å². The second-order valence-electron chi connectivity index (χ2n) is 6.16. The smallest absolute Gasteiger partial charge is 0.325 e. The summed E-state index contributed by atoms with van der Waals surface area (Å²) in [6.07, 6.45) is 2.04. The van der Waals surface area contributed by atoms with Crippen LogP contribution in [0.25, 0.3) is 0 Å². The molecule has 0 spiro atoms. The zero-order valence-electron chi connectivity index (χ0n) is 14.9. The van der Waals surface area contributed by atoms with Gasteiger partial charge < -0.3 is 19.8 Å². The molecule has 0 unspecified atom stereocenters. The standard InChI is InChI=1S/C19H21N3O5/c1-26-14-6-4-13(5-7-14)8-9-20-17(23)11-16-18(24)22(19(25)21-16)12-15-3-2-10-27-15/h2-7,10,16H,8-9,11-12H2,1H3,(H,20,23)(H,21,25)/t16-/m0/s1. The molecule has 0 radical (unpaired) electrons. The molecule has 27 heavy (non-hydrogen) atoms. The number of carbonyl (C=O) groups excluding carboxylic acids is 3. The maximum absolute atomic E-state index is 12.3. The molecular formula is C19H21N3O5. The molecule has 0 bridgehead atoms. The summed E-state index contributed by atoms with van der Waals surface area (Å²) < 4.78 is 10.3. The first-order valence-electron chi connectivity index (χ1n) is 8.60. The number of nitrogens with zero attached hydrogens (tertiary/aromatic N) is 1. The van der Waals surface area contributed by atoms with Gasteiger partial charge in [0.1, 0.15) is 17.6 Å². The minimum atomic E-state index is -0.853. The number of methoxy groups -OCH3 is 1. The summed E-state index contributed by atoms with van der Waals surface area (Å²) in [7, 11) is 1.61. The Morgan fingerprint density at radius 2 is 2.04 bits per heavy atom. The van der Waals surface area contributed by atoms with Crippen molar-refractivity contribution >= 4 is 17.8 Å². The Balaban J connectivity index is 1.44. The second kappa shape index (κ2) is 8.39. The van der Waals surface area contributed by atoms with Gasteiger partial charge in [-0.3, -0.25) is 14.5 Å². The highest BCUT2D eigenvalue weighted by Crippen LogP contribution is 2.14. The Morgan fingerprint density at radius 1 is 1.26 bits per heavy atom. The van der Waals surface area contributed by atoms with Crippen LogP contribution in [0.2, 0.25) is 0 Å². The van der Waals surface area contributed by atoms with Crippen molar-refractivity contribution in [1.82, 2.24) is 15.5 Å². The van der Waals surface area contributed by atoms with Crippen LogP contribution < -0.4 is 15.4 Å². The molecule has 1 aliphatic heterocycles. The number of imide groups is 1. The van der Waals surface area contributed by atoms with Gasteiger partial charge in [0, 0.05) is 6.54 Å². The van der Waals surface area contributed by atoms with Gasteiger partial charge in [-0.15, -0.1) is 0 Å². The van der Waals surface area contributed by atoms with Crippen molar-refractivity contribution in [2.24, 2.45) is 0 Å². The highest BCUT2D eigenvalue weighted by atomic mass is 16.5. The van der Waals surface area contributed by atoms with Crippen LogP contribution in [0.1, 0.15) is 17.7 Å². The fraction of sp³-hybridized carbons (Fsp3) is 0.316. The molecule has 1 atom stereocenters. The maximum atomic E-state index is 12.3. The average Bonchev–Trinajstić information content (AvgIpc) is 3.27. The molecule has 1 saturated heterocycles. The summed E-state index contributed by atoms with van der Waals surface area (Å²) in [6.45, 7) is 0.489. The minimum absolute atomic E-state index is 0.0489. The largest absolute Gasteiger partial charge is 0.497 e. The Labute approximate surface area is 156 Å². The summed E-state index contributed by atoms with van der Waals surface area (Å²) in [4.78, 5) is 37.5. The van der Waals surface area contributed by atoms with Crippen LogP contribution in [0.5, 0.6) is 5.75 Å². The third kappa shape index (κ3) is 4.66.